The Hall–Kier alpha value is -1.86. The molecule has 0 saturated carbocycles. The normalized spacial score (nSPS) is 8.00. The summed E-state index contributed by atoms with van der Waals surface area (Å²) in [5.41, 5.74) is 0. The quantitative estimate of drug-likeness (QED) is 0.242. The first-order valence-corrected chi connectivity index (χ1v) is 1.79. The van der Waals surface area contributed by atoms with E-state index in [1.165, 1.54) is 0 Å². The van der Waals surface area contributed by atoms with Gasteiger partial charge in [0.25, 0.3) is 0 Å². The minimum atomic E-state index is -1.97. The van der Waals surface area contributed by atoms with Gasteiger partial charge in [0.05, 0.1) is 0 Å². The molecule has 0 aromatic carbocycles. The smallest absolute Gasteiger partial charge is 0.449 e. The SMILES string of the molecule is O=C(O)OC(=O)O[N+](=O)[O-]. The largest absolute Gasteiger partial charge is 0.514 e. The molecule has 0 radical (unpaired) electrons. The fourth-order valence-electron chi connectivity index (χ4n) is 0.151. The van der Waals surface area contributed by atoms with Gasteiger partial charge < -0.3 is 9.84 Å². The Labute approximate surface area is 53.1 Å². The van der Waals surface area contributed by atoms with Gasteiger partial charge in [0.2, 0.25) is 0 Å². The number of carbonyl (C=O) groups excluding carboxylic acids is 1. The van der Waals surface area contributed by atoms with Gasteiger partial charge in [-0.1, -0.05) is 0 Å². The topological polar surface area (TPSA) is 116 Å². The molecule has 1 N–H and O–H groups in total. The summed E-state index contributed by atoms with van der Waals surface area (Å²) in [4.78, 5) is 31.6. The molecule has 0 unspecified atom stereocenters. The fourth-order valence-corrected chi connectivity index (χ4v) is 0.151. The highest BCUT2D eigenvalue weighted by atomic mass is 17.0. The average Bonchev–Trinajstić information content (AvgIpc) is 1.58. The predicted molar refractivity (Wildman–Crippen MR) is 22.6 cm³/mol. The summed E-state index contributed by atoms with van der Waals surface area (Å²) in [5.74, 6) is 0. The van der Waals surface area contributed by atoms with Gasteiger partial charge in [-0.2, -0.15) is 4.84 Å². The van der Waals surface area contributed by atoms with Gasteiger partial charge in [0.1, 0.15) is 0 Å². The van der Waals surface area contributed by atoms with Crippen molar-refractivity contribution in [2.24, 2.45) is 0 Å². The van der Waals surface area contributed by atoms with Gasteiger partial charge in [-0.15, -0.1) is 10.1 Å². The van der Waals surface area contributed by atoms with Crippen LogP contribution >= 0.6 is 0 Å². The summed E-state index contributed by atoms with van der Waals surface area (Å²) in [6.07, 6.45) is -3.86. The van der Waals surface area contributed by atoms with Crippen molar-refractivity contribution in [2.45, 2.75) is 0 Å². The zero-order valence-electron chi connectivity index (χ0n) is 4.34. The second-order valence-corrected chi connectivity index (χ2v) is 0.933. The molecule has 0 atom stereocenters. The van der Waals surface area contributed by atoms with Crippen LogP contribution < -0.4 is 0 Å². The number of hydrogen-bond donors (Lipinski definition) is 1. The number of carbonyl (C=O) groups is 2. The van der Waals surface area contributed by atoms with Gasteiger partial charge in [-0.25, -0.2) is 9.59 Å². The van der Waals surface area contributed by atoms with Crippen molar-refractivity contribution in [3.63, 3.8) is 0 Å². The minimum Gasteiger partial charge on any atom is -0.449 e. The van der Waals surface area contributed by atoms with Crippen LogP contribution in [0.4, 0.5) is 9.59 Å². The van der Waals surface area contributed by atoms with Crippen molar-refractivity contribution in [2.75, 3.05) is 0 Å². The zero-order chi connectivity index (χ0) is 8.15. The third kappa shape index (κ3) is 4.30. The molecule has 0 amide bonds. The van der Waals surface area contributed by atoms with Crippen LogP contribution in [0.25, 0.3) is 0 Å². The molecule has 0 aromatic rings. The lowest BCUT2D eigenvalue weighted by Crippen LogP contribution is -2.15. The third-order valence-corrected chi connectivity index (χ3v) is 0.320. The molecule has 0 saturated heterocycles. The maximum Gasteiger partial charge on any atom is 0.514 e. The highest BCUT2D eigenvalue weighted by molar-refractivity contribution is 5.75. The van der Waals surface area contributed by atoms with Gasteiger partial charge in [0, 0.05) is 0 Å². The van der Waals surface area contributed by atoms with E-state index in [2.05, 4.69) is 9.57 Å². The van der Waals surface area contributed by atoms with Crippen LogP contribution in [0.3, 0.4) is 0 Å². The van der Waals surface area contributed by atoms with Gasteiger partial charge >= 0.3 is 17.4 Å². The van der Waals surface area contributed by atoms with Crippen molar-refractivity contribution in [1.82, 2.24) is 0 Å². The van der Waals surface area contributed by atoms with Crippen LogP contribution in [0, 0.1) is 10.1 Å². The van der Waals surface area contributed by atoms with Crippen molar-refractivity contribution >= 4 is 12.3 Å². The number of hydrogen-bond acceptors (Lipinski definition) is 6. The Morgan fingerprint density at radius 2 is 2.00 bits per heavy atom. The lowest BCUT2D eigenvalue weighted by molar-refractivity contribution is -0.730. The minimum absolute atomic E-state index is 1.48. The first-order chi connectivity index (χ1) is 4.52. The van der Waals surface area contributed by atoms with Crippen LogP contribution in [0.5, 0.6) is 0 Å². The summed E-state index contributed by atoms with van der Waals surface area (Å²) in [6.45, 7) is 0. The van der Waals surface area contributed by atoms with Gasteiger partial charge in [-0.05, 0) is 0 Å². The van der Waals surface area contributed by atoms with E-state index in [0.29, 0.717) is 0 Å². The number of carboxylic acid groups (broad SMARTS) is 1. The van der Waals surface area contributed by atoms with Crippen molar-refractivity contribution in [3.05, 3.63) is 10.1 Å². The maximum atomic E-state index is 9.80. The molecule has 0 heterocycles. The highest BCUT2D eigenvalue weighted by Gasteiger charge is 2.12. The summed E-state index contributed by atoms with van der Waals surface area (Å²) in [5, 5.41) is 15.5. The Morgan fingerprint density at radius 1 is 1.50 bits per heavy atom. The van der Waals surface area contributed by atoms with Crippen molar-refractivity contribution < 1.29 is 29.4 Å². The second kappa shape index (κ2) is 3.22. The Bertz CT molecular complexity index is 154. The van der Waals surface area contributed by atoms with Gasteiger partial charge in [-0.3, -0.25) is 0 Å². The van der Waals surface area contributed by atoms with Crippen molar-refractivity contribution in [3.8, 4) is 0 Å². The molecule has 0 aliphatic rings. The lowest BCUT2D eigenvalue weighted by Gasteiger charge is -1.91. The molecule has 0 aliphatic carbocycles. The van der Waals surface area contributed by atoms with E-state index in [-0.39, 0.29) is 0 Å². The van der Waals surface area contributed by atoms with E-state index in [4.69, 9.17) is 5.11 Å². The van der Waals surface area contributed by atoms with E-state index in [0.717, 1.165) is 0 Å². The summed E-state index contributed by atoms with van der Waals surface area (Å²) in [7, 11) is 0. The lowest BCUT2D eigenvalue weighted by atomic mass is 11.3. The van der Waals surface area contributed by atoms with Crippen molar-refractivity contribution in [1.29, 1.82) is 0 Å². The summed E-state index contributed by atoms with van der Waals surface area (Å²) in [6, 6.07) is 0. The Morgan fingerprint density at radius 3 is 2.30 bits per heavy atom. The molecule has 10 heavy (non-hydrogen) atoms. The van der Waals surface area contributed by atoms with E-state index in [9.17, 15) is 19.7 Å². The maximum absolute atomic E-state index is 9.80. The molecule has 56 valence electrons. The standard InChI is InChI=1S/C2HNO7/c4-1(5)9-2(6)10-3(7)8/h(H,4,5). The first kappa shape index (κ1) is 8.14. The number of nitrogens with zero attached hydrogens (tertiary/aromatic N) is 1. The summed E-state index contributed by atoms with van der Waals surface area (Å²) >= 11 is 0. The average molecular weight is 151 g/mol. The van der Waals surface area contributed by atoms with Crippen LogP contribution in [0.2, 0.25) is 0 Å². The highest BCUT2D eigenvalue weighted by Crippen LogP contribution is 1.84. The van der Waals surface area contributed by atoms with Crippen LogP contribution in [0.1, 0.15) is 0 Å². The van der Waals surface area contributed by atoms with E-state index >= 15 is 0 Å². The van der Waals surface area contributed by atoms with E-state index in [1.54, 1.807) is 0 Å². The molecule has 0 fully saturated rings. The van der Waals surface area contributed by atoms with E-state index < -0.39 is 17.4 Å². The molecular weight excluding hydrogens is 150 g/mol. The molecule has 0 rings (SSSR count). The van der Waals surface area contributed by atoms with Crippen LogP contribution in [0.15, 0.2) is 0 Å². The fraction of sp³-hybridized carbons (Fsp3) is 0. The predicted octanol–water partition coefficient (Wildman–Crippen LogP) is 0.00930. The first-order valence-electron chi connectivity index (χ1n) is 1.79. The summed E-state index contributed by atoms with van der Waals surface area (Å²) < 4.78 is 3.17. The Balaban J connectivity index is 3.65. The molecule has 0 bridgehead atoms. The third-order valence-electron chi connectivity index (χ3n) is 0.320. The Kier molecular flexibility index (Phi) is 2.62. The molecule has 0 aliphatic heterocycles. The van der Waals surface area contributed by atoms with E-state index in [1.807, 2.05) is 0 Å². The monoisotopic (exact) mass is 151 g/mol. The molecule has 8 heteroatoms. The van der Waals surface area contributed by atoms with Gasteiger partial charge in [0.15, 0.2) is 0 Å². The molecule has 8 nitrogen and oxygen atoms in total. The van der Waals surface area contributed by atoms with Crippen LogP contribution in [-0.4, -0.2) is 22.5 Å². The number of rotatable bonds is 1. The molecule has 0 aromatic heterocycles. The van der Waals surface area contributed by atoms with Crippen LogP contribution in [-0.2, 0) is 9.57 Å². The number of ether oxygens (including phenoxy) is 1. The zero-order valence-corrected chi connectivity index (χ0v) is 4.34. The second-order valence-electron chi connectivity index (χ2n) is 0.933. The molecule has 0 spiro atoms. The molecular formula is C2HNO7.